The normalized spacial score (nSPS) is 25.9. The fourth-order valence-electron chi connectivity index (χ4n) is 9.57. The lowest BCUT2D eigenvalue weighted by Gasteiger charge is -2.50. The maximum atomic E-state index is 15.4. The van der Waals surface area contributed by atoms with E-state index in [1.54, 1.807) is 78.9 Å². The van der Waals surface area contributed by atoms with E-state index in [2.05, 4.69) is 6.58 Å². The molecule has 14 heteroatoms. The molecule has 4 aromatic carbocycles. The number of phenols is 1. The molecule has 0 bridgehead atoms. The third-order valence-electron chi connectivity index (χ3n) is 11.8. The van der Waals surface area contributed by atoms with Gasteiger partial charge in [-0.3, -0.25) is 19.2 Å². The number of carbonyl (C=O) groups excluding carboxylic acids is 4. The zero-order valence-corrected chi connectivity index (χ0v) is 30.4. The van der Waals surface area contributed by atoms with Gasteiger partial charge in [0.1, 0.15) is 5.75 Å². The SMILES string of the molecule is C=CCc1cccc([C@H]2C3=CC[C@@H]4C(=O)N(c5cc(C(F)(F)F)cc(C(F)(F)F)c5)C(=O)[C@@H]4[C@@H]3C[C@H]3C(=O)N(c4cccc(Cl)c4)C(=O)[C@@]23c2ccccc2)c1O. The molecule has 0 aromatic heterocycles. The lowest BCUT2D eigenvalue weighted by atomic mass is 9.49. The molecule has 2 aliphatic carbocycles. The second kappa shape index (κ2) is 13.5. The van der Waals surface area contributed by atoms with E-state index in [-0.39, 0.29) is 47.4 Å². The van der Waals surface area contributed by atoms with E-state index in [0.717, 1.165) is 4.90 Å². The number of alkyl halides is 6. The molecule has 4 aliphatic rings. The third-order valence-corrected chi connectivity index (χ3v) is 12.1. The summed E-state index contributed by atoms with van der Waals surface area (Å²) in [5.74, 6) is -9.44. The minimum Gasteiger partial charge on any atom is -0.507 e. The van der Waals surface area contributed by atoms with Crippen molar-refractivity contribution in [3.8, 4) is 5.75 Å². The molecule has 1 N–H and O–H groups in total. The van der Waals surface area contributed by atoms with Gasteiger partial charge in [0.25, 0.3) is 0 Å². The molecule has 2 heterocycles. The minimum atomic E-state index is -5.24. The van der Waals surface area contributed by atoms with E-state index < -0.39 is 87.8 Å². The third kappa shape index (κ3) is 5.80. The van der Waals surface area contributed by atoms with Crippen molar-refractivity contribution in [2.24, 2.45) is 23.7 Å². The molecule has 8 rings (SSSR count). The van der Waals surface area contributed by atoms with E-state index in [0.29, 0.717) is 33.7 Å². The van der Waals surface area contributed by atoms with Crippen LogP contribution in [-0.4, -0.2) is 28.7 Å². The van der Waals surface area contributed by atoms with E-state index in [4.69, 9.17) is 11.6 Å². The summed E-state index contributed by atoms with van der Waals surface area (Å²) in [4.78, 5) is 60.4. The predicted molar refractivity (Wildman–Crippen MR) is 197 cm³/mol. The summed E-state index contributed by atoms with van der Waals surface area (Å²) in [6, 6.07) is 20.2. The monoisotopic (exact) mass is 804 g/mol. The fourth-order valence-corrected chi connectivity index (χ4v) is 9.76. The van der Waals surface area contributed by atoms with E-state index in [1.165, 1.54) is 6.07 Å². The molecule has 0 spiro atoms. The van der Waals surface area contributed by atoms with Gasteiger partial charge in [-0.2, -0.15) is 26.3 Å². The number of rotatable bonds is 6. The van der Waals surface area contributed by atoms with Crippen LogP contribution in [0.2, 0.25) is 5.02 Å². The number of halogens is 7. The van der Waals surface area contributed by atoms with Gasteiger partial charge in [0.05, 0.1) is 45.7 Å². The Morgan fingerprint density at radius 3 is 2.07 bits per heavy atom. The Hall–Kier alpha value is -5.69. The number of benzene rings is 4. The first-order valence-corrected chi connectivity index (χ1v) is 18.4. The molecule has 4 amide bonds. The number of phenolic OH excluding ortho intramolecular Hbond substituents is 1. The molecule has 2 saturated heterocycles. The molecule has 3 fully saturated rings. The second-order valence-corrected chi connectivity index (χ2v) is 15.2. The largest absolute Gasteiger partial charge is 0.507 e. The topological polar surface area (TPSA) is 95.0 Å². The molecular formula is C43H31ClF6N2O5. The van der Waals surface area contributed by atoms with Crippen molar-refractivity contribution in [2.75, 3.05) is 9.80 Å². The number of hydrogen-bond donors (Lipinski definition) is 1. The number of imide groups is 2. The lowest BCUT2D eigenvalue weighted by Crippen LogP contribution is -2.53. The molecule has 7 nitrogen and oxygen atoms in total. The van der Waals surface area contributed by atoms with Crippen LogP contribution in [0.5, 0.6) is 5.75 Å². The van der Waals surface area contributed by atoms with Crippen LogP contribution < -0.4 is 9.80 Å². The first-order valence-electron chi connectivity index (χ1n) is 18.0. The number of fused-ring (bicyclic) bond motifs is 4. The lowest BCUT2D eigenvalue weighted by molar-refractivity contribution is -0.143. The average molecular weight is 805 g/mol. The Labute approximate surface area is 326 Å². The van der Waals surface area contributed by atoms with E-state index >= 15 is 4.79 Å². The summed E-state index contributed by atoms with van der Waals surface area (Å²) in [7, 11) is 0. The summed E-state index contributed by atoms with van der Waals surface area (Å²) in [5.41, 5.74) is -4.30. The van der Waals surface area contributed by atoms with Crippen molar-refractivity contribution in [3.05, 3.63) is 148 Å². The summed E-state index contributed by atoms with van der Waals surface area (Å²) >= 11 is 6.34. The first-order chi connectivity index (χ1) is 27.0. The average Bonchev–Trinajstić information content (AvgIpc) is 3.56. The number of allylic oxidation sites excluding steroid dienone is 3. The Morgan fingerprint density at radius 2 is 1.44 bits per heavy atom. The minimum absolute atomic E-state index is 0.0858. The number of para-hydroxylation sites is 1. The van der Waals surface area contributed by atoms with Crippen LogP contribution in [0.25, 0.3) is 0 Å². The molecule has 292 valence electrons. The number of anilines is 2. The second-order valence-electron chi connectivity index (χ2n) is 14.7. The van der Waals surface area contributed by atoms with Crippen LogP contribution in [-0.2, 0) is 43.4 Å². The number of nitrogens with zero attached hydrogens (tertiary/aromatic N) is 2. The van der Waals surface area contributed by atoms with Gasteiger partial charge in [-0.15, -0.1) is 6.58 Å². The highest BCUT2D eigenvalue weighted by molar-refractivity contribution is 6.32. The van der Waals surface area contributed by atoms with Crippen molar-refractivity contribution in [2.45, 2.75) is 42.9 Å². The van der Waals surface area contributed by atoms with Crippen LogP contribution in [0.4, 0.5) is 37.7 Å². The van der Waals surface area contributed by atoms with Gasteiger partial charge in [0, 0.05) is 16.5 Å². The molecular weight excluding hydrogens is 774 g/mol. The zero-order valence-electron chi connectivity index (χ0n) is 29.7. The Kier molecular flexibility index (Phi) is 9.02. The van der Waals surface area contributed by atoms with Crippen molar-refractivity contribution < 1.29 is 50.6 Å². The van der Waals surface area contributed by atoms with Gasteiger partial charge in [0.2, 0.25) is 23.6 Å². The number of carbonyl (C=O) groups is 4. The van der Waals surface area contributed by atoms with E-state index in [1.807, 2.05) is 0 Å². The van der Waals surface area contributed by atoms with Crippen LogP contribution in [0.15, 0.2) is 115 Å². The summed E-state index contributed by atoms with van der Waals surface area (Å²) in [5, 5.41) is 12.2. The predicted octanol–water partition coefficient (Wildman–Crippen LogP) is 9.18. The maximum Gasteiger partial charge on any atom is 0.416 e. The summed E-state index contributed by atoms with van der Waals surface area (Å²) in [6.45, 7) is 3.78. The van der Waals surface area contributed by atoms with Crippen LogP contribution >= 0.6 is 11.6 Å². The highest BCUT2D eigenvalue weighted by Gasteiger charge is 2.70. The van der Waals surface area contributed by atoms with Crippen LogP contribution in [0.3, 0.4) is 0 Å². The van der Waals surface area contributed by atoms with Crippen LogP contribution in [0.1, 0.15) is 46.6 Å². The molecule has 57 heavy (non-hydrogen) atoms. The summed E-state index contributed by atoms with van der Waals surface area (Å²) in [6.07, 6.45) is -7.39. The zero-order chi connectivity index (χ0) is 40.8. The molecule has 0 unspecified atom stereocenters. The smallest absolute Gasteiger partial charge is 0.416 e. The van der Waals surface area contributed by atoms with Crippen molar-refractivity contribution in [1.82, 2.24) is 0 Å². The molecule has 0 radical (unpaired) electrons. The standard InChI is InChI=1S/C43H31ClF6N2O5/c1-2-8-22-9-6-14-31(36(22)53)35-29-15-16-30-34(39(56)51(37(30)54)28-18-24(42(45,46)47)17-25(19-28)43(48,49)50)32(29)21-33-38(55)52(27-13-7-12-26(44)20-27)40(57)41(33,35)23-10-4-3-5-11-23/h2-7,9-15,17-20,30,32-35,53H,1,8,16,21H2/t30-,32+,33-,34-,35+,41+/m0/s1. The molecule has 1 saturated carbocycles. The molecule has 2 aliphatic heterocycles. The van der Waals surface area contributed by atoms with Gasteiger partial charge in [-0.05, 0) is 72.7 Å². The van der Waals surface area contributed by atoms with E-state index in [9.17, 15) is 45.8 Å². The Morgan fingerprint density at radius 1 is 0.772 bits per heavy atom. The number of aromatic hydroxyl groups is 1. The van der Waals surface area contributed by atoms with Gasteiger partial charge >= 0.3 is 12.4 Å². The van der Waals surface area contributed by atoms with Gasteiger partial charge in [0.15, 0.2) is 0 Å². The quantitative estimate of drug-likeness (QED) is 0.119. The Balaban J connectivity index is 1.34. The molecule has 6 atom stereocenters. The van der Waals surface area contributed by atoms with Crippen LogP contribution in [0, 0.1) is 23.7 Å². The fraction of sp³-hybridized carbons (Fsp3) is 0.256. The van der Waals surface area contributed by atoms with Crippen molar-refractivity contribution in [1.29, 1.82) is 0 Å². The Bertz CT molecular complexity index is 2380. The van der Waals surface area contributed by atoms with Gasteiger partial charge < -0.3 is 5.11 Å². The maximum absolute atomic E-state index is 15.4. The van der Waals surface area contributed by atoms with Gasteiger partial charge in [-0.25, -0.2) is 9.80 Å². The number of amides is 4. The van der Waals surface area contributed by atoms with Gasteiger partial charge in [-0.1, -0.05) is 83.9 Å². The molecule has 4 aromatic rings. The highest BCUT2D eigenvalue weighted by atomic mass is 35.5. The van der Waals surface area contributed by atoms with Crippen molar-refractivity contribution >= 4 is 46.6 Å². The first kappa shape index (κ1) is 38.2. The number of hydrogen-bond acceptors (Lipinski definition) is 5. The highest BCUT2D eigenvalue weighted by Crippen LogP contribution is 2.65. The van der Waals surface area contributed by atoms with Crippen molar-refractivity contribution in [3.63, 3.8) is 0 Å². The summed E-state index contributed by atoms with van der Waals surface area (Å²) < 4.78 is 83.6.